The van der Waals surface area contributed by atoms with Gasteiger partial charge < -0.3 is 24.3 Å². The van der Waals surface area contributed by atoms with Crippen LogP contribution in [-0.2, 0) is 6.54 Å². The van der Waals surface area contributed by atoms with E-state index in [9.17, 15) is 0 Å². The first-order valence-corrected chi connectivity index (χ1v) is 9.52. The zero-order valence-electron chi connectivity index (χ0n) is 16.6. The Kier molecular flexibility index (Phi) is 5.81. The number of nitrogens with zero attached hydrogens (tertiary/aromatic N) is 1. The Morgan fingerprint density at radius 2 is 1.79 bits per heavy atom. The van der Waals surface area contributed by atoms with Gasteiger partial charge in [0.25, 0.3) is 0 Å². The fraction of sp³-hybridized carbons (Fsp3) is 0.261. The number of benzene rings is 2. The van der Waals surface area contributed by atoms with Gasteiger partial charge in [-0.1, -0.05) is 18.2 Å². The molecule has 4 rings (SSSR count). The van der Waals surface area contributed by atoms with Gasteiger partial charge in [0.05, 0.1) is 14.2 Å². The largest absolute Gasteiger partial charge is 0.493 e. The van der Waals surface area contributed by atoms with Gasteiger partial charge in [0.15, 0.2) is 23.0 Å². The van der Waals surface area contributed by atoms with Crippen LogP contribution in [0.3, 0.4) is 0 Å². The highest BCUT2D eigenvalue weighted by Crippen LogP contribution is 2.32. The maximum absolute atomic E-state index is 5.98. The van der Waals surface area contributed by atoms with Crippen LogP contribution in [0.2, 0.25) is 0 Å². The van der Waals surface area contributed by atoms with E-state index in [1.165, 1.54) is 0 Å². The number of rotatable bonds is 7. The van der Waals surface area contributed by atoms with Crippen LogP contribution in [0.4, 0.5) is 0 Å². The molecule has 6 nitrogen and oxygen atoms in total. The van der Waals surface area contributed by atoms with Crippen LogP contribution >= 0.6 is 0 Å². The van der Waals surface area contributed by atoms with E-state index in [4.69, 9.17) is 18.9 Å². The fourth-order valence-electron chi connectivity index (χ4n) is 3.30. The van der Waals surface area contributed by atoms with Gasteiger partial charge in [-0.25, -0.2) is 0 Å². The maximum Gasteiger partial charge on any atom is 0.161 e. The molecular formula is C23H24N2O4. The summed E-state index contributed by atoms with van der Waals surface area (Å²) < 4.78 is 22.5. The molecule has 1 aromatic heterocycles. The summed E-state index contributed by atoms with van der Waals surface area (Å²) in [7, 11) is 3.26. The molecule has 1 atom stereocenters. The molecule has 0 fully saturated rings. The SMILES string of the molecule is COc1ccc(-c2cncc(CNCC3COc4ccccc4O3)c2)cc1OC. The van der Waals surface area contributed by atoms with Crippen molar-refractivity contribution in [2.75, 3.05) is 27.4 Å². The van der Waals surface area contributed by atoms with E-state index in [0.717, 1.165) is 28.2 Å². The topological polar surface area (TPSA) is 61.8 Å². The van der Waals surface area contributed by atoms with Gasteiger partial charge >= 0.3 is 0 Å². The molecule has 6 heteroatoms. The minimum atomic E-state index is -0.0214. The molecule has 0 saturated heterocycles. The smallest absolute Gasteiger partial charge is 0.161 e. The first kappa shape index (κ1) is 19.1. The molecule has 0 amide bonds. The third kappa shape index (κ3) is 4.43. The van der Waals surface area contributed by atoms with E-state index in [2.05, 4.69) is 16.4 Å². The summed E-state index contributed by atoms with van der Waals surface area (Å²) in [5.41, 5.74) is 3.14. The van der Waals surface area contributed by atoms with E-state index in [0.29, 0.717) is 31.2 Å². The molecule has 29 heavy (non-hydrogen) atoms. The number of fused-ring (bicyclic) bond motifs is 1. The van der Waals surface area contributed by atoms with Gasteiger partial charge in [-0.15, -0.1) is 0 Å². The number of ether oxygens (including phenoxy) is 4. The van der Waals surface area contributed by atoms with Crippen molar-refractivity contribution in [3.8, 4) is 34.1 Å². The van der Waals surface area contributed by atoms with Gasteiger partial charge in [-0.05, 0) is 41.5 Å². The number of pyridine rings is 1. The Bertz CT molecular complexity index is 977. The standard InChI is InChI=1S/C23H24N2O4/c1-26-20-8-7-17(10-23(20)27-2)18-9-16(11-24-13-18)12-25-14-19-15-28-21-5-3-4-6-22(21)29-19/h3-11,13,19,25H,12,14-15H2,1-2H3. The Hall–Kier alpha value is -3.25. The van der Waals surface area contributed by atoms with Crippen molar-refractivity contribution in [2.45, 2.75) is 12.6 Å². The first-order valence-electron chi connectivity index (χ1n) is 9.52. The fourth-order valence-corrected chi connectivity index (χ4v) is 3.30. The molecule has 1 aliphatic rings. The molecule has 1 aliphatic heterocycles. The third-order valence-corrected chi connectivity index (χ3v) is 4.78. The summed E-state index contributed by atoms with van der Waals surface area (Å²) >= 11 is 0. The average Bonchev–Trinajstić information content (AvgIpc) is 2.78. The van der Waals surface area contributed by atoms with Crippen LogP contribution in [-0.4, -0.2) is 38.5 Å². The van der Waals surface area contributed by atoms with Gasteiger partial charge in [0.1, 0.15) is 12.7 Å². The van der Waals surface area contributed by atoms with Crippen LogP contribution in [0.5, 0.6) is 23.0 Å². The minimum absolute atomic E-state index is 0.0214. The molecule has 2 heterocycles. The summed E-state index contributed by atoms with van der Waals surface area (Å²) in [5.74, 6) is 3.00. The molecular weight excluding hydrogens is 368 g/mol. The Balaban J connectivity index is 1.37. The van der Waals surface area contributed by atoms with Gasteiger partial charge in [-0.2, -0.15) is 0 Å². The normalized spacial score (nSPS) is 15.0. The highest BCUT2D eigenvalue weighted by molar-refractivity contribution is 5.67. The lowest BCUT2D eigenvalue weighted by Crippen LogP contribution is -2.38. The summed E-state index contributed by atoms with van der Waals surface area (Å²) in [6.45, 7) is 1.92. The summed E-state index contributed by atoms with van der Waals surface area (Å²) in [6.07, 6.45) is 3.69. The summed E-state index contributed by atoms with van der Waals surface area (Å²) in [4.78, 5) is 4.39. The van der Waals surface area contributed by atoms with Crippen molar-refractivity contribution in [1.82, 2.24) is 10.3 Å². The zero-order chi connectivity index (χ0) is 20.1. The molecule has 1 unspecified atom stereocenters. The van der Waals surface area contributed by atoms with Gasteiger partial charge in [0.2, 0.25) is 0 Å². The lowest BCUT2D eigenvalue weighted by atomic mass is 10.1. The summed E-state index contributed by atoms with van der Waals surface area (Å²) in [6, 6.07) is 15.7. The van der Waals surface area contributed by atoms with Crippen molar-refractivity contribution in [2.24, 2.45) is 0 Å². The molecule has 0 bridgehead atoms. The number of hydrogen-bond donors (Lipinski definition) is 1. The number of para-hydroxylation sites is 2. The quantitative estimate of drug-likeness (QED) is 0.662. The van der Waals surface area contributed by atoms with Crippen molar-refractivity contribution < 1.29 is 18.9 Å². The van der Waals surface area contributed by atoms with Crippen molar-refractivity contribution >= 4 is 0 Å². The zero-order valence-corrected chi connectivity index (χ0v) is 16.6. The van der Waals surface area contributed by atoms with Gasteiger partial charge in [-0.3, -0.25) is 4.98 Å². The van der Waals surface area contributed by atoms with Crippen LogP contribution in [0.1, 0.15) is 5.56 Å². The van der Waals surface area contributed by atoms with Crippen LogP contribution in [0.15, 0.2) is 60.9 Å². The van der Waals surface area contributed by atoms with Gasteiger partial charge in [0, 0.05) is 31.0 Å². The lowest BCUT2D eigenvalue weighted by Gasteiger charge is -2.26. The molecule has 0 saturated carbocycles. The third-order valence-electron chi connectivity index (χ3n) is 4.78. The molecule has 3 aromatic rings. The number of methoxy groups -OCH3 is 2. The first-order chi connectivity index (χ1) is 14.3. The molecule has 0 spiro atoms. The predicted octanol–water partition coefficient (Wildman–Crippen LogP) is 3.70. The van der Waals surface area contributed by atoms with Crippen LogP contribution in [0, 0.1) is 0 Å². The molecule has 1 N–H and O–H groups in total. The van der Waals surface area contributed by atoms with E-state index >= 15 is 0 Å². The molecule has 150 valence electrons. The second kappa shape index (κ2) is 8.84. The van der Waals surface area contributed by atoms with Crippen molar-refractivity contribution in [1.29, 1.82) is 0 Å². The van der Waals surface area contributed by atoms with E-state index < -0.39 is 0 Å². The van der Waals surface area contributed by atoms with E-state index in [1.807, 2.05) is 54.9 Å². The van der Waals surface area contributed by atoms with Crippen molar-refractivity contribution in [3.05, 3.63) is 66.5 Å². The molecule has 2 aromatic carbocycles. The van der Waals surface area contributed by atoms with Crippen molar-refractivity contribution in [3.63, 3.8) is 0 Å². The predicted molar refractivity (Wildman–Crippen MR) is 111 cm³/mol. The second-order valence-electron chi connectivity index (χ2n) is 6.78. The molecule has 0 radical (unpaired) electrons. The Morgan fingerprint density at radius 1 is 0.966 bits per heavy atom. The van der Waals surface area contributed by atoms with Crippen LogP contribution < -0.4 is 24.3 Å². The minimum Gasteiger partial charge on any atom is -0.493 e. The second-order valence-corrected chi connectivity index (χ2v) is 6.78. The van der Waals surface area contributed by atoms with E-state index in [1.54, 1.807) is 14.2 Å². The van der Waals surface area contributed by atoms with Crippen LogP contribution in [0.25, 0.3) is 11.1 Å². The highest BCUT2D eigenvalue weighted by Gasteiger charge is 2.20. The molecule has 0 aliphatic carbocycles. The monoisotopic (exact) mass is 392 g/mol. The lowest BCUT2D eigenvalue weighted by molar-refractivity contribution is 0.0902. The maximum atomic E-state index is 5.98. The average molecular weight is 392 g/mol. The Labute approximate surface area is 170 Å². The summed E-state index contributed by atoms with van der Waals surface area (Å²) in [5, 5.41) is 3.43. The Morgan fingerprint density at radius 3 is 2.62 bits per heavy atom. The number of aromatic nitrogens is 1. The highest BCUT2D eigenvalue weighted by atomic mass is 16.6. The number of nitrogens with one attached hydrogen (secondary N) is 1. The number of hydrogen-bond acceptors (Lipinski definition) is 6. The van der Waals surface area contributed by atoms with E-state index in [-0.39, 0.29) is 6.10 Å².